The quantitative estimate of drug-likeness (QED) is 0.822. The summed E-state index contributed by atoms with van der Waals surface area (Å²) in [6, 6.07) is 0. The number of ether oxygens (including phenoxy) is 1. The van der Waals surface area contributed by atoms with Gasteiger partial charge in [-0.05, 0) is 7.05 Å². The number of nitrogens with zero attached hydrogens (tertiary/aromatic N) is 3. The summed E-state index contributed by atoms with van der Waals surface area (Å²) >= 11 is 5.98. The molecule has 5 nitrogen and oxygen atoms in total. The predicted octanol–water partition coefficient (Wildman–Crippen LogP) is 0.438. The molecule has 0 radical (unpaired) electrons. The number of aromatic nitrogens is 2. The van der Waals surface area contributed by atoms with Gasteiger partial charge in [-0.15, -0.1) is 0 Å². The Morgan fingerprint density at radius 2 is 2.38 bits per heavy atom. The Hall–Kier alpha value is -0.620. The Morgan fingerprint density at radius 1 is 1.62 bits per heavy atom. The first-order valence-corrected chi connectivity index (χ1v) is 5.63. The summed E-state index contributed by atoms with van der Waals surface area (Å²) in [6.45, 7) is 2.22. The van der Waals surface area contributed by atoms with Gasteiger partial charge in [-0.2, -0.15) is 5.10 Å². The molecule has 16 heavy (non-hydrogen) atoms. The number of hydrogen-bond acceptors (Lipinski definition) is 4. The Bertz CT molecular complexity index is 349. The van der Waals surface area contributed by atoms with Gasteiger partial charge in [0.2, 0.25) is 0 Å². The van der Waals surface area contributed by atoms with Crippen LogP contribution in [0, 0.1) is 0 Å². The second-order valence-corrected chi connectivity index (χ2v) is 4.52. The monoisotopic (exact) mass is 245 g/mol. The molecule has 2 rings (SSSR count). The molecule has 2 heterocycles. The Morgan fingerprint density at radius 3 is 2.94 bits per heavy atom. The van der Waals surface area contributed by atoms with Crippen LogP contribution in [0.2, 0.25) is 5.02 Å². The third-order valence-corrected chi connectivity index (χ3v) is 3.16. The molecule has 0 saturated carbocycles. The molecule has 6 heteroatoms. The van der Waals surface area contributed by atoms with E-state index in [4.69, 9.17) is 16.3 Å². The van der Waals surface area contributed by atoms with Gasteiger partial charge in [-0.3, -0.25) is 4.68 Å². The molecule has 0 aliphatic carbocycles. The van der Waals surface area contributed by atoms with Crippen molar-refractivity contribution in [1.82, 2.24) is 14.7 Å². The van der Waals surface area contributed by atoms with Crippen LogP contribution in [-0.4, -0.2) is 52.6 Å². The van der Waals surface area contributed by atoms with Gasteiger partial charge in [0, 0.05) is 20.1 Å². The number of morpholine rings is 1. The van der Waals surface area contributed by atoms with Gasteiger partial charge in [-0.1, -0.05) is 11.6 Å². The summed E-state index contributed by atoms with van der Waals surface area (Å²) in [5.41, 5.74) is 0.613. The van der Waals surface area contributed by atoms with Crippen LogP contribution < -0.4 is 0 Å². The third kappa shape index (κ3) is 2.22. The highest BCUT2D eigenvalue weighted by Crippen LogP contribution is 2.27. The minimum atomic E-state index is -0.734. The zero-order chi connectivity index (χ0) is 11.7. The second-order valence-electron chi connectivity index (χ2n) is 4.12. The highest BCUT2D eigenvalue weighted by Gasteiger charge is 2.29. The van der Waals surface area contributed by atoms with E-state index in [0.29, 0.717) is 23.9 Å². The maximum absolute atomic E-state index is 10.2. The van der Waals surface area contributed by atoms with E-state index in [0.717, 1.165) is 6.54 Å². The molecule has 0 aromatic carbocycles. The summed E-state index contributed by atoms with van der Waals surface area (Å²) in [7, 11) is 3.77. The summed E-state index contributed by atoms with van der Waals surface area (Å²) in [5.74, 6) is 0. The highest BCUT2D eigenvalue weighted by atomic mass is 35.5. The van der Waals surface area contributed by atoms with Gasteiger partial charge in [0.25, 0.3) is 0 Å². The van der Waals surface area contributed by atoms with E-state index in [1.54, 1.807) is 11.7 Å². The van der Waals surface area contributed by atoms with Crippen LogP contribution in [0.15, 0.2) is 6.20 Å². The maximum Gasteiger partial charge on any atom is 0.124 e. The number of halogens is 1. The van der Waals surface area contributed by atoms with Crippen LogP contribution in [0.5, 0.6) is 0 Å². The summed E-state index contributed by atoms with van der Waals surface area (Å²) in [6.07, 6.45) is 0.557. The zero-order valence-electron chi connectivity index (χ0n) is 9.43. The lowest BCUT2D eigenvalue weighted by Crippen LogP contribution is -2.43. The molecule has 1 saturated heterocycles. The van der Waals surface area contributed by atoms with Crippen molar-refractivity contribution < 1.29 is 9.84 Å². The van der Waals surface area contributed by atoms with E-state index < -0.39 is 6.10 Å². The molecular weight excluding hydrogens is 230 g/mol. The zero-order valence-corrected chi connectivity index (χ0v) is 10.2. The standard InChI is InChI=1S/C10H16ClN3O2/c1-13-3-4-16-8(6-13)10(15)9-7(11)5-12-14(9)2/h5,8,10,15H,3-4,6H2,1-2H3. The van der Waals surface area contributed by atoms with E-state index in [2.05, 4.69) is 10.00 Å². The SMILES string of the molecule is CN1CCOC(C(O)c2c(Cl)cnn2C)C1. The molecule has 1 aromatic heterocycles. The van der Waals surface area contributed by atoms with Crippen LogP contribution in [0.1, 0.15) is 11.8 Å². The lowest BCUT2D eigenvalue weighted by atomic mass is 10.1. The van der Waals surface area contributed by atoms with Crippen molar-refractivity contribution in [2.75, 3.05) is 26.7 Å². The smallest absolute Gasteiger partial charge is 0.124 e. The Balaban J connectivity index is 2.15. The molecule has 1 fully saturated rings. The minimum absolute atomic E-state index is 0.244. The van der Waals surface area contributed by atoms with Crippen LogP contribution >= 0.6 is 11.6 Å². The first-order valence-electron chi connectivity index (χ1n) is 5.25. The molecule has 1 aromatic rings. The van der Waals surface area contributed by atoms with Gasteiger partial charge in [0.1, 0.15) is 12.2 Å². The fraction of sp³-hybridized carbons (Fsp3) is 0.700. The van der Waals surface area contributed by atoms with E-state index in [1.165, 1.54) is 6.20 Å². The number of rotatable bonds is 2. The molecule has 1 aliphatic heterocycles. The largest absolute Gasteiger partial charge is 0.384 e. The molecule has 90 valence electrons. The second kappa shape index (κ2) is 4.71. The average molecular weight is 246 g/mol. The van der Waals surface area contributed by atoms with Crippen LogP contribution in [0.4, 0.5) is 0 Å². The van der Waals surface area contributed by atoms with E-state index in [-0.39, 0.29) is 6.10 Å². The molecule has 2 unspecified atom stereocenters. The van der Waals surface area contributed by atoms with Crippen molar-refractivity contribution in [3.05, 3.63) is 16.9 Å². The van der Waals surface area contributed by atoms with Crippen molar-refractivity contribution in [3.8, 4) is 0 Å². The first kappa shape index (κ1) is 11.9. The summed E-state index contributed by atoms with van der Waals surface area (Å²) in [4.78, 5) is 2.13. The highest BCUT2D eigenvalue weighted by molar-refractivity contribution is 6.31. The van der Waals surface area contributed by atoms with E-state index >= 15 is 0 Å². The average Bonchev–Trinajstić information content (AvgIpc) is 2.58. The summed E-state index contributed by atoms with van der Waals surface area (Å²) in [5, 5.41) is 14.7. The van der Waals surface area contributed by atoms with Crippen LogP contribution in [0.3, 0.4) is 0 Å². The normalized spacial score (nSPS) is 24.6. The Kier molecular flexibility index (Phi) is 3.49. The van der Waals surface area contributed by atoms with Crippen LogP contribution in [0.25, 0.3) is 0 Å². The van der Waals surface area contributed by atoms with Gasteiger partial charge in [0.15, 0.2) is 0 Å². The molecular formula is C10H16ClN3O2. The maximum atomic E-state index is 10.2. The number of aryl methyl sites for hydroxylation is 1. The summed E-state index contributed by atoms with van der Waals surface area (Å²) < 4.78 is 7.14. The van der Waals surface area contributed by atoms with Gasteiger partial charge < -0.3 is 14.7 Å². The topological polar surface area (TPSA) is 50.5 Å². The minimum Gasteiger partial charge on any atom is -0.384 e. The van der Waals surface area contributed by atoms with Crippen molar-refractivity contribution in [1.29, 1.82) is 0 Å². The fourth-order valence-electron chi connectivity index (χ4n) is 1.93. The van der Waals surface area contributed by atoms with Crippen molar-refractivity contribution in [3.63, 3.8) is 0 Å². The lowest BCUT2D eigenvalue weighted by molar-refractivity contribution is -0.0866. The van der Waals surface area contributed by atoms with Crippen molar-refractivity contribution in [2.24, 2.45) is 7.05 Å². The molecule has 1 N–H and O–H groups in total. The molecule has 2 atom stereocenters. The molecule has 0 amide bonds. The van der Waals surface area contributed by atoms with E-state index in [9.17, 15) is 5.11 Å². The van der Waals surface area contributed by atoms with Crippen LogP contribution in [-0.2, 0) is 11.8 Å². The predicted molar refractivity (Wildman–Crippen MR) is 60.4 cm³/mol. The molecule has 0 bridgehead atoms. The first-order chi connectivity index (χ1) is 7.59. The fourth-order valence-corrected chi connectivity index (χ4v) is 2.21. The third-order valence-electron chi connectivity index (χ3n) is 2.87. The van der Waals surface area contributed by atoms with E-state index in [1.807, 2.05) is 7.05 Å². The van der Waals surface area contributed by atoms with Gasteiger partial charge >= 0.3 is 0 Å². The number of aliphatic hydroxyl groups is 1. The molecule has 0 spiro atoms. The number of hydrogen-bond donors (Lipinski definition) is 1. The lowest BCUT2D eigenvalue weighted by Gasteiger charge is -2.32. The number of likely N-dealkylation sites (N-methyl/N-ethyl adjacent to an activating group) is 1. The van der Waals surface area contributed by atoms with Crippen molar-refractivity contribution in [2.45, 2.75) is 12.2 Å². The molecule has 1 aliphatic rings. The van der Waals surface area contributed by atoms with Crippen molar-refractivity contribution >= 4 is 11.6 Å². The Labute approximate surface area is 99.6 Å². The van der Waals surface area contributed by atoms with Gasteiger partial charge in [0.05, 0.1) is 23.5 Å². The number of aliphatic hydroxyl groups excluding tert-OH is 1. The van der Waals surface area contributed by atoms with Gasteiger partial charge in [-0.25, -0.2) is 0 Å².